The van der Waals surface area contributed by atoms with E-state index in [1.165, 1.54) is 11.6 Å². The fraction of sp³-hybridized carbons (Fsp3) is 0.429. The summed E-state index contributed by atoms with van der Waals surface area (Å²) in [6.07, 6.45) is 1.75. The number of aryl methyl sites for hydroxylation is 1. The molecule has 4 aromatic rings. The Morgan fingerprint density at radius 3 is 2.67 bits per heavy atom. The first-order chi connectivity index (χ1) is 18.7. The highest BCUT2D eigenvalue weighted by Crippen LogP contribution is 2.39. The monoisotopic (exact) mass is 536 g/mol. The Kier molecular flexibility index (Phi) is 6.72. The quantitative estimate of drug-likeness (QED) is 0.363. The van der Waals surface area contributed by atoms with Crippen LogP contribution in [0.3, 0.4) is 0 Å². The molecule has 1 saturated carbocycles. The lowest BCUT2D eigenvalue weighted by atomic mass is 9.90. The number of rotatable bonds is 7. The summed E-state index contributed by atoms with van der Waals surface area (Å²) < 4.78 is 45.4. The molecular weight excluding hydrogens is 505 g/mol. The average molecular weight is 537 g/mol. The van der Waals surface area contributed by atoms with Gasteiger partial charge in [0.15, 0.2) is 11.6 Å². The van der Waals surface area contributed by atoms with Gasteiger partial charge in [-0.05, 0) is 57.6 Å². The van der Waals surface area contributed by atoms with E-state index >= 15 is 4.39 Å². The summed E-state index contributed by atoms with van der Waals surface area (Å²) in [5, 5.41) is 3.08. The van der Waals surface area contributed by atoms with Gasteiger partial charge in [-0.3, -0.25) is 4.90 Å². The number of likely N-dealkylation sites (N-methyl/N-ethyl adjacent to an activating group) is 1. The van der Waals surface area contributed by atoms with Crippen molar-refractivity contribution in [3.8, 4) is 11.3 Å². The Morgan fingerprint density at radius 2 is 1.90 bits per heavy atom. The largest absolute Gasteiger partial charge is 0.325 e. The van der Waals surface area contributed by atoms with E-state index in [-0.39, 0.29) is 28.8 Å². The second-order valence-electron chi connectivity index (χ2n) is 10.7. The number of anilines is 2. The van der Waals surface area contributed by atoms with Crippen LogP contribution >= 0.6 is 0 Å². The van der Waals surface area contributed by atoms with Crippen LogP contribution in [0.15, 0.2) is 30.5 Å². The van der Waals surface area contributed by atoms with Crippen LogP contribution < -0.4 is 5.32 Å². The summed E-state index contributed by atoms with van der Waals surface area (Å²) in [5.41, 5.74) is 3.12. The van der Waals surface area contributed by atoms with Gasteiger partial charge in [0.05, 0.1) is 11.7 Å². The van der Waals surface area contributed by atoms with Crippen molar-refractivity contribution in [2.75, 3.05) is 39.0 Å². The maximum atomic E-state index is 15.1. The van der Waals surface area contributed by atoms with Gasteiger partial charge >= 0.3 is 0 Å². The van der Waals surface area contributed by atoms with Gasteiger partial charge in [-0.1, -0.05) is 6.07 Å². The van der Waals surface area contributed by atoms with E-state index < -0.39 is 17.8 Å². The van der Waals surface area contributed by atoms with Gasteiger partial charge in [0.1, 0.15) is 29.0 Å². The Hall–Kier alpha value is -3.57. The zero-order valence-corrected chi connectivity index (χ0v) is 22.3. The molecule has 4 heterocycles. The molecule has 0 radical (unpaired) electrons. The number of aromatic nitrogens is 5. The minimum Gasteiger partial charge on any atom is -0.325 e. The molecule has 8 nitrogen and oxygen atoms in total. The maximum absolute atomic E-state index is 15.1. The number of pyridine rings is 1. The molecule has 1 aliphatic carbocycles. The molecular formula is C28H31F3N8. The molecule has 0 unspecified atom stereocenters. The summed E-state index contributed by atoms with van der Waals surface area (Å²) in [6, 6.07) is 6.71. The van der Waals surface area contributed by atoms with E-state index in [4.69, 9.17) is 4.98 Å². The summed E-state index contributed by atoms with van der Waals surface area (Å²) in [7, 11) is 4.14. The number of fused-ring (bicyclic) bond motifs is 2. The number of halogens is 3. The molecule has 1 aromatic carbocycles. The Morgan fingerprint density at radius 1 is 1.08 bits per heavy atom. The molecule has 0 spiro atoms. The summed E-state index contributed by atoms with van der Waals surface area (Å²) in [6.45, 7) is 5.56. The predicted molar refractivity (Wildman–Crippen MR) is 144 cm³/mol. The highest BCUT2D eigenvalue weighted by molar-refractivity contribution is 5.83. The third kappa shape index (κ3) is 5.08. The smallest absolute Gasteiger partial charge is 0.229 e. The molecule has 0 amide bonds. The van der Waals surface area contributed by atoms with Crippen molar-refractivity contribution in [2.45, 2.75) is 44.9 Å². The van der Waals surface area contributed by atoms with Crippen LogP contribution in [0.4, 0.5) is 24.9 Å². The number of benzene rings is 1. The fourth-order valence-corrected chi connectivity index (χ4v) is 5.42. The van der Waals surface area contributed by atoms with Gasteiger partial charge in [0.25, 0.3) is 0 Å². The van der Waals surface area contributed by atoms with Crippen LogP contribution in [-0.2, 0) is 13.0 Å². The van der Waals surface area contributed by atoms with E-state index in [1.54, 1.807) is 13.0 Å². The number of alkyl halides is 1. The SMILES string of the molecule is Cc1nc2c(F)cc(-c3nc(Nc4ccc5c(n4)CCN(CCN(C)C)C5)ncc3F)cc2n1C1CC(F)C1. The third-order valence-corrected chi connectivity index (χ3v) is 7.59. The maximum Gasteiger partial charge on any atom is 0.229 e. The number of hydrogen-bond donors (Lipinski definition) is 1. The zero-order chi connectivity index (χ0) is 27.3. The molecule has 1 N–H and O–H groups in total. The van der Waals surface area contributed by atoms with E-state index in [2.05, 4.69) is 44.2 Å². The molecule has 39 heavy (non-hydrogen) atoms. The van der Waals surface area contributed by atoms with Gasteiger partial charge in [0, 0.05) is 49.9 Å². The summed E-state index contributed by atoms with van der Waals surface area (Å²) in [4.78, 5) is 22.1. The predicted octanol–water partition coefficient (Wildman–Crippen LogP) is 4.81. The van der Waals surface area contributed by atoms with Gasteiger partial charge in [-0.2, -0.15) is 0 Å². The second kappa shape index (κ2) is 10.2. The van der Waals surface area contributed by atoms with Gasteiger partial charge < -0.3 is 14.8 Å². The molecule has 0 bridgehead atoms. The van der Waals surface area contributed by atoms with Crippen molar-refractivity contribution >= 4 is 22.8 Å². The van der Waals surface area contributed by atoms with E-state index in [0.29, 0.717) is 30.0 Å². The van der Waals surface area contributed by atoms with E-state index in [9.17, 15) is 8.78 Å². The standard InChI is InChI=1S/C28H31F3N8/c1-16-33-27-21(30)10-18(11-24(27)39(16)20-12-19(29)13-20)26-22(31)14-32-28(36-26)35-25-5-4-17-15-38(9-8-37(2)3)7-6-23(17)34-25/h4-5,10-11,14,19-20H,6-9,12-13,15H2,1-3H3,(H,32,34,35,36). The highest BCUT2D eigenvalue weighted by atomic mass is 19.1. The first kappa shape index (κ1) is 25.7. The Labute approximate surface area is 224 Å². The van der Waals surface area contributed by atoms with Gasteiger partial charge in [-0.25, -0.2) is 33.1 Å². The van der Waals surface area contributed by atoms with Crippen LogP contribution in [0.25, 0.3) is 22.3 Å². The average Bonchev–Trinajstić information content (AvgIpc) is 3.22. The lowest BCUT2D eigenvalue weighted by Gasteiger charge is -2.32. The normalized spacial score (nSPS) is 19.4. The zero-order valence-electron chi connectivity index (χ0n) is 22.3. The molecule has 2 aliphatic rings. The van der Waals surface area contributed by atoms with Crippen LogP contribution in [-0.4, -0.2) is 74.2 Å². The topological polar surface area (TPSA) is 75.0 Å². The first-order valence-corrected chi connectivity index (χ1v) is 13.2. The molecule has 11 heteroatoms. The van der Waals surface area contributed by atoms with Crippen molar-refractivity contribution in [3.63, 3.8) is 0 Å². The number of nitrogens with zero attached hydrogens (tertiary/aromatic N) is 7. The van der Waals surface area contributed by atoms with Crippen LogP contribution in [0, 0.1) is 18.6 Å². The molecule has 0 saturated heterocycles. The molecule has 1 fully saturated rings. The van der Waals surface area contributed by atoms with Crippen LogP contribution in [0.5, 0.6) is 0 Å². The third-order valence-electron chi connectivity index (χ3n) is 7.59. The van der Waals surface area contributed by atoms with Gasteiger partial charge in [-0.15, -0.1) is 0 Å². The molecule has 0 atom stereocenters. The van der Waals surface area contributed by atoms with Crippen molar-refractivity contribution in [1.29, 1.82) is 0 Å². The van der Waals surface area contributed by atoms with Crippen LogP contribution in [0.1, 0.15) is 36.0 Å². The van der Waals surface area contributed by atoms with E-state index in [1.807, 2.05) is 16.7 Å². The Balaban J connectivity index is 1.26. The van der Waals surface area contributed by atoms with Crippen molar-refractivity contribution < 1.29 is 13.2 Å². The lowest BCUT2D eigenvalue weighted by Crippen LogP contribution is -2.36. The minimum absolute atomic E-state index is 0.0369. The van der Waals surface area contributed by atoms with Crippen molar-refractivity contribution in [2.24, 2.45) is 0 Å². The van der Waals surface area contributed by atoms with Crippen molar-refractivity contribution in [3.05, 3.63) is 59.2 Å². The number of nitrogens with one attached hydrogen (secondary N) is 1. The second-order valence-corrected chi connectivity index (χ2v) is 10.7. The molecule has 6 rings (SSSR count). The summed E-state index contributed by atoms with van der Waals surface area (Å²) in [5.74, 6) is 0.0679. The van der Waals surface area contributed by atoms with Crippen molar-refractivity contribution in [1.82, 2.24) is 34.3 Å². The highest BCUT2D eigenvalue weighted by Gasteiger charge is 2.33. The number of imidazole rings is 1. The minimum atomic E-state index is -0.868. The first-order valence-electron chi connectivity index (χ1n) is 13.2. The van der Waals surface area contributed by atoms with Crippen LogP contribution in [0.2, 0.25) is 0 Å². The molecule has 3 aromatic heterocycles. The lowest BCUT2D eigenvalue weighted by molar-refractivity contribution is 0.138. The molecule has 204 valence electrons. The number of hydrogen-bond acceptors (Lipinski definition) is 7. The van der Waals surface area contributed by atoms with Gasteiger partial charge in [0.2, 0.25) is 5.95 Å². The molecule has 1 aliphatic heterocycles. The van der Waals surface area contributed by atoms with E-state index in [0.717, 1.165) is 44.5 Å². The fourth-order valence-electron chi connectivity index (χ4n) is 5.42. The summed E-state index contributed by atoms with van der Waals surface area (Å²) >= 11 is 0. The Bertz CT molecular complexity index is 1530.